The number of hydrogen-bond acceptors (Lipinski definition) is 2. The van der Waals surface area contributed by atoms with E-state index in [9.17, 15) is 4.79 Å². The molecule has 0 aliphatic heterocycles. The first kappa shape index (κ1) is 12.9. The van der Waals surface area contributed by atoms with Crippen molar-refractivity contribution in [3.63, 3.8) is 0 Å². The minimum atomic E-state index is -0.625. The summed E-state index contributed by atoms with van der Waals surface area (Å²) in [6.07, 6.45) is 8.63. The van der Waals surface area contributed by atoms with Crippen LogP contribution < -0.4 is 5.32 Å². The zero-order valence-corrected chi connectivity index (χ0v) is 10.8. The van der Waals surface area contributed by atoms with E-state index >= 15 is 0 Å². The number of carboxylic acid groups (broad SMARTS) is 1. The molecular weight excluding hydrogens is 214 g/mol. The molecule has 0 aromatic heterocycles. The summed E-state index contributed by atoms with van der Waals surface area (Å²) in [5.74, 6) is 1.05. The number of carbonyl (C=O) groups is 1. The van der Waals surface area contributed by atoms with E-state index in [2.05, 4.69) is 12.2 Å². The van der Waals surface area contributed by atoms with Crippen LogP contribution in [0.25, 0.3) is 0 Å². The number of rotatable bonds is 5. The highest BCUT2D eigenvalue weighted by molar-refractivity contribution is 5.72. The topological polar surface area (TPSA) is 49.3 Å². The van der Waals surface area contributed by atoms with Gasteiger partial charge in [-0.3, -0.25) is 4.79 Å². The molecule has 0 heterocycles. The molecule has 3 heteroatoms. The van der Waals surface area contributed by atoms with Crippen molar-refractivity contribution in [2.75, 3.05) is 6.54 Å². The van der Waals surface area contributed by atoms with Gasteiger partial charge in [0.1, 0.15) is 0 Å². The fourth-order valence-corrected chi connectivity index (χ4v) is 3.13. The van der Waals surface area contributed by atoms with Crippen molar-refractivity contribution in [2.24, 2.45) is 17.8 Å². The molecule has 2 fully saturated rings. The SMILES string of the molecule is CC1CCC(CCNC2CCC2C(=O)O)CC1. The highest BCUT2D eigenvalue weighted by Gasteiger charge is 2.35. The van der Waals surface area contributed by atoms with Gasteiger partial charge in [-0.1, -0.05) is 32.6 Å². The van der Waals surface area contributed by atoms with E-state index in [1.54, 1.807) is 0 Å². The van der Waals surface area contributed by atoms with Crippen molar-refractivity contribution in [1.29, 1.82) is 0 Å². The molecule has 2 atom stereocenters. The largest absolute Gasteiger partial charge is 0.481 e. The molecule has 0 spiro atoms. The van der Waals surface area contributed by atoms with E-state index in [4.69, 9.17) is 5.11 Å². The molecule has 0 aromatic carbocycles. The number of nitrogens with one attached hydrogen (secondary N) is 1. The van der Waals surface area contributed by atoms with Crippen molar-refractivity contribution in [3.8, 4) is 0 Å². The molecule has 17 heavy (non-hydrogen) atoms. The zero-order valence-electron chi connectivity index (χ0n) is 10.8. The summed E-state index contributed by atoms with van der Waals surface area (Å²) in [7, 11) is 0. The summed E-state index contributed by atoms with van der Waals surface area (Å²) in [5, 5.41) is 12.4. The lowest BCUT2D eigenvalue weighted by Crippen LogP contribution is -2.48. The molecule has 2 aliphatic rings. The molecule has 0 radical (unpaired) electrons. The van der Waals surface area contributed by atoms with Crippen molar-refractivity contribution >= 4 is 5.97 Å². The highest BCUT2D eigenvalue weighted by Crippen LogP contribution is 2.31. The third-order valence-corrected chi connectivity index (χ3v) is 4.69. The van der Waals surface area contributed by atoms with E-state index in [0.717, 1.165) is 31.2 Å². The number of aliphatic carboxylic acids is 1. The van der Waals surface area contributed by atoms with Gasteiger partial charge in [0, 0.05) is 6.04 Å². The van der Waals surface area contributed by atoms with Crippen molar-refractivity contribution < 1.29 is 9.90 Å². The highest BCUT2D eigenvalue weighted by atomic mass is 16.4. The number of hydrogen-bond donors (Lipinski definition) is 2. The van der Waals surface area contributed by atoms with Crippen LogP contribution in [0, 0.1) is 17.8 Å². The van der Waals surface area contributed by atoms with Crippen LogP contribution in [0.5, 0.6) is 0 Å². The molecule has 0 bridgehead atoms. The smallest absolute Gasteiger partial charge is 0.308 e. The first-order chi connectivity index (χ1) is 8.16. The molecule has 0 amide bonds. The normalized spacial score (nSPS) is 37.5. The van der Waals surface area contributed by atoms with Crippen molar-refractivity contribution in [3.05, 3.63) is 0 Å². The van der Waals surface area contributed by atoms with E-state index in [1.165, 1.54) is 32.1 Å². The van der Waals surface area contributed by atoms with Gasteiger partial charge in [-0.2, -0.15) is 0 Å². The molecule has 0 saturated heterocycles. The maximum Gasteiger partial charge on any atom is 0.308 e. The molecule has 2 saturated carbocycles. The summed E-state index contributed by atoms with van der Waals surface area (Å²) in [6.45, 7) is 3.35. The molecule has 2 aliphatic carbocycles. The second-order valence-corrected chi connectivity index (χ2v) is 6.00. The number of carboxylic acids is 1. The van der Waals surface area contributed by atoms with Crippen molar-refractivity contribution in [1.82, 2.24) is 5.32 Å². The van der Waals surface area contributed by atoms with Gasteiger partial charge in [0.05, 0.1) is 5.92 Å². The molecule has 3 nitrogen and oxygen atoms in total. The lowest BCUT2D eigenvalue weighted by atomic mass is 9.79. The van der Waals surface area contributed by atoms with Gasteiger partial charge in [0.25, 0.3) is 0 Å². The fraction of sp³-hybridized carbons (Fsp3) is 0.929. The van der Waals surface area contributed by atoms with Crippen LogP contribution in [-0.2, 0) is 4.79 Å². The Bertz CT molecular complexity index is 259. The molecule has 0 aromatic rings. The third kappa shape index (κ3) is 3.44. The van der Waals surface area contributed by atoms with Gasteiger partial charge in [-0.25, -0.2) is 0 Å². The first-order valence-corrected chi connectivity index (χ1v) is 7.13. The Morgan fingerprint density at radius 3 is 2.41 bits per heavy atom. The molecule has 2 unspecified atom stereocenters. The van der Waals surface area contributed by atoms with E-state index in [0.29, 0.717) is 0 Å². The second-order valence-electron chi connectivity index (χ2n) is 6.00. The van der Waals surface area contributed by atoms with Crippen LogP contribution in [0.1, 0.15) is 51.9 Å². The Morgan fingerprint density at radius 1 is 1.18 bits per heavy atom. The van der Waals surface area contributed by atoms with Crippen LogP contribution in [-0.4, -0.2) is 23.7 Å². The van der Waals surface area contributed by atoms with E-state index in [-0.39, 0.29) is 12.0 Å². The average Bonchev–Trinajstić information content (AvgIpc) is 2.24. The third-order valence-electron chi connectivity index (χ3n) is 4.69. The van der Waals surface area contributed by atoms with Gasteiger partial charge < -0.3 is 10.4 Å². The Balaban J connectivity index is 1.58. The minimum Gasteiger partial charge on any atom is -0.481 e. The predicted octanol–water partition coefficient (Wildman–Crippen LogP) is 2.66. The van der Waals surface area contributed by atoms with Gasteiger partial charge >= 0.3 is 5.97 Å². The lowest BCUT2D eigenvalue weighted by Gasteiger charge is -2.35. The molecule has 2 N–H and O–H groups in total. The second kappa shape index (κ2) is 5.85. The fourth-order valence-electron chi connectivity index (χ4n) is 3.13. The quantitative estimate of drug-likeness (QED) is 0.775. The van der Waals surface area contributed by atoms with Gasteiger partial charge in [0.15, 0.2) is 0 Å². The summed E-state index contributed by atoms with van der Waals surface area (Å²) in [6, 6.07) is 0.245. The van der Waals surface area contributed by atoms with E-state index < -0.39 is 5.97 Å². The monoisotopic (exact) mass is 239 g/mol. The molecular formula is C14H25NO2. The maximum absolute atomic E-state index is 10.9. The Labute approximate surface area is 104 Å². The zero-order chi connectivity index (χ0) is 12.3. The average molecular weight is 239 g/mol. The van der Waals surface area contributed by atoms with Crippen LogP contribution in [0.15, 0.2) is 0 Å². The van der Waals surface area contributed by atoms with Crippen LogP contribution in [0.2, 0.25) is 0 Å². The van der Waals surface area contributed by atoms with Gasteiger partial charge in [-0.05, 0) is 37.6 Å². The standard InChI is InChI=1S/C14H25NO2/c1-10-2-4-11(5-3-10)8-9-15-13-7-6-12(13)14(16)17/h10-13,15H,2-9H2,1H3,(H,16,17). The Hall–Kier alpha value is -0.570. The molecule has 2 rings (SSSR count). The lowest BCUT2D eigenvalue weighted by molar-refractivity contribution is -0.146. The van der Waals surface area contributed by atoms with Gasteiger partial charge in [0.2, 0.25) is 0 Å². The maximum atomic E-state index is 10.9. The summed E-state index contributed by atoms with van der Waals surface area (Å²) in [4.78, 5) is 10.9. The first-order valence-electron chi connectivity index (χ1n) is 7.13. The summed E-state index contributed by atoms with van der Waals surface area (Å²) in [5.41, 5.74) is 0. The Morgan fingerprint density at radius 2 is 1.88 bits per heavy atom. The van der Waals surface area contributed by atoms with Crippen LogP contribution in [0.3, 0.4) is 0 Å². The van der Waals surface area contributed by atoms with Crippen LogP contribution >= 0.6 is 0 Å². The molecule has 98 valence electrons. The van der Waals surface area contributed by atoms with Crippen LogP contribution in [0.4, 0.5) is 0 Å². The predicted molar refractivity (Wildman–Crippen MR) is 67.9 cm³/mol. The Kier molecular flexibility index (Phi) is 4.43. The van der Waals surface area contributed by atoms with Gasteiger partial charge in [-0.15, -0.1) is 0 Å². The van der Waals surface area contributed by atoms with Crippen molar-refractivity contribution in [2.45, 2.75) is 57.9 Å². The minimum absolute atomic E-state index is 0.124. The summed E-state index contributed by atoms with van der Waals surface area (Å²) < 4.78 is 0. The van der Waals surface area contributed by atoms with E-state index in [1.807, 2.05) is 0 Å². The summed E-state index contributed by atoms with van der Waals surface area (Å²) >= 11 is 0.